The molecule has 1 aromatic carbocycles. The van der Waals surface area contributed by atoms with Gasteiger partial charge in [-0.1, -0.05) is 26.0 Å². The van der Waals surface area contributed by atoms with E-state index in [-0.39, 0.29) is 35.2 Å². The van der Waals surface area contributed by atoms with E-state index < -0.39 is 0 Å². The standard InChI is InChI=1S/C23H33FN6.HI/c1-23(2,19-6-5-7-20(24)15-19)17-28-22(25-3)27-16-18-8-9-26-21(14-18)30-12-10-29(4)11-13-30;/h5-9,14-15H,10-13,16-17H2,1-4H3,(H2,25,27,28);1H. The SMILES string of the molecule is CN=C(NCc1ccnc(N2CCN(C)CC2)c1)NCC(C)(C)c1cccc(F)c1.I. The number of halogens is 2. The predicted molar refractivity (Wildman–Crippen MR) is 137 cm³/mol. The van der Waals surface area contributed by atoms with Gasteiger partial charge in [0.2, 0.25) is 0 Å². The number of nitrogens with one attached hydrogen (secondary N) is 2. The fourth-order valence-corrected chi connectivity index (χ4v) is 3.50. The summed E-state index contributed by atoms with van der Waals surface area (Å²) in [5.41, 5.74) is 1.88. The van der Waals surface area contributed by atoms with Crippen LogP contribution in [0.2, 0.25) is 0 Å². The zero-order valence-electron chi connectivity index (χ0n) is 18.9. The molecule has 8 heteroatoms. The van der Waals surface area contributed by atoms with Crippen LogP contribution < -0.4 is 15.5 Å². The van der Waals surface area contributed by atoms with Crippen LogP contribution in [0, 0.1) is 5.82 Å². The van der Waals surface area contributed by atoms with Gasteiger partial charge in [0.15, 0.2) is 5.96 Å². The summed E-state index contributed by atoms with van der Waals surface area (Å²) in [7, 11) is 3.91. The van der Waals surface area contributed by atoms with Crippen molar-refractivity contribution < 1.29 is 4.39 Å². The van der Waals surface area contributed by atoms with E-state index in [1.54, 1.807) is 19.2 Å². The summed E-state index contributed by atoms with van der Waals surface area (Å²) in [4.78, 5) is 13.5. The van der Waals surface area contributed by atoms with E-state index in [0.717, 1.165) is 49.1 Å². The van der Waals surface area contributed by atoms with Crippen LogP contribution in [0.5, 0.6) is 0 Å². The number of rotatable bonds is 6. The molecule has 3 rings (SSSR count). The minimum Gasteiger partial charge on any atom is -0.356 e. The van der Waals surface area contributed by atoms with Gasteiger partial charge in [-0.15, -0.1) is 24.0 Å². The van der Waals surface area contributed by atoms with Crippen LogP contribution in [-0.2, 0) is 12.0 Å². The summed E-state index contributed by atoms with van der Waals surface area (Å²) in [6, 6.07) is 10.9. The van der Waals surface area contributed by atoms with Crippen LogP contribution in [-0.4, -0.2) is 62.7 Å². The molecule has 0 unspecified atom stereocenters. The number of hydrogen-bond donors (Lipinski definition) is 2. The van der Waals surface area contributed by atoms with Gasteiger partial charge in [0.05, 0.1) is 0 Å². The normalized spacial score (nSPS) is 15.4. The first-order chi connectivity index (χ1) is 14.4. The lowest BCUT2D eigenvalue weighted by atomic mass is 9.84. The van der Waals surface area contributed by atoms with Crippen molar-refractivity contribution in [2.45, 2.75) is 25.8 Å². The number of nitrogens with zero attached hydrogens (tertiary/aromatic N) is 4. The molecule has 0 radical (unpaired) electrons. The minimum atomic E-state index is -0.231. The number of pyridine rings is 1. The molecule has 2 aromatic rings. The monoisotopic (exact) mass is 540 g/mol. The van der Waals surface area contributed by atoms with Gasteiger partial charge in [0.1, 0.15) is 11.6 Å². The summed E-state index contributed by atoms with van der Waals surface area (Å²) in [6.07, 6.45) is 1.87. The number of aromatic nitrogens is 1. The Morgan fingerprint density at radius 3 is 2.55 bits per heavy atom. The highest BCUT2D eigenvalue weighted by Gasteiger charge is 2.21. The van der Waals surface area contributed by atoms with Gasteiger partial charge in [-0.25, -0.2) is 9.37 Å². The molecule has 31 heavy (non-hydrogen) atoms. The van der Waals surface area contributed by atoms with Gasteiger partial charge in [-0.2, -0.15) is 0 Å². The Morgan fingerprint density at radius 1 is 1.13 bits per heavy atom. The molecule has 1 aromatic heterocycles. The smallest absolute Gasteiger partial charge is 0.191 e. The van der Waals surface area contributed by atoms with E-state index in [1.165, 1.54) is 6.07 Å². The average Bonchev–Trinajstić information content (AvgIpc) is 2.74. The third-order valence-electron chi connectivity index (χ3n) is 5.62. The fraction of sp³-hybridized carbons (Fsp3) is 0.478. The van der Waals surface area contributed by atoms with Crippen LogP contribution in [0.1, 0.15) is 25.0 Å². The third-order valence-corrected chi connectivity index (χ3v) is 5.62. The van der Waals surface area contributed by atoms with E-state index >= 15 is 0 Å². The van der Waals surface area contributed by atoms with Crippen molar-refractivity contribution in [3.63, 3.8) is 0 Å². The molecule has 0 spiro atoms. The minimum absolute atomic E-state index is 0. The maximum Gasteiger partial charge on any atom is 0.191 e. The highest BCUT2D eigenvalue weighted by molar-refractivity contribution is 14.0. The second kappa shape index (κ2) is 11.6. The first-order valence-corrected chi connectivity index (χ1v) is 10.5. The second-order valence-electron chi connectivity index (χ2n) is 8.49. The largest absolute Gasteiger partial charge is 0.356 e. The molecular weight excluding hydrogens is 506 g/mol. The van der Waals surface area contributed by atoms with Gasteiger partial charge in [0, 0.05) is 57.9 Å². The molecule has 0 aliphatic carbocycles. The fourth-order valence-electron chi connectivity index (χ4n) is 3.50. The van der Waals surface area contributed by atoms with Crippen molar-refractivity contribution in [1.29, 1.82) is 0 Å². The van der Waals surface area contributed by atoms with Gasteiger partial charge in [0.25, 0.3) is 0 Å². The maximum absolute atomic E-state index is 13.6. The highest BCUT2D eigenvalue weighted by Crippen LogP contribution is 2.22. The summed E-state index contributed by atoms with van der Waals surface area (Å²) < 4.78 is 13.6. The van der Waals surface area contributed by atoms with Crippen LogP contribution in [0.15, 0.2) is 47.6 Å². The third kappa shape index (κ3) is 7.31. The summed E-state index contributed by atoms with van der Waals surface area (Å²) >= 11 is 0. The number of anilines is 1. The Labute approximate surface area is 202 Å². The molecule has 2 heterocycles. The Hall–Kier alpha value is -1.94. The molecular formula is C23H34FIN6. The van der Waals surface area contributed by atoms with E-state index in [1.807, 2.05) is 18.3 Å². The zero-order chi connectivity index (χ0) is 21.6. The van der Waals surface area contributed by atoms with E-state index in [4.69, 9.17) is 0 Å². The van der Waals surface area contributed by atoms with Gasteiger partial charge < -0.3 is 20.4 Å². The lowest BCUT2D eigenvalue weighted by Crippen LogP contribution is -2.45. The van der Waals surface area contributed by atoms with Crippen LogP contribution in [0.4, 0.5) is 10.2 Å². The summed E-state index contributed by atoms with van der Waals surface area (Å²) in [5, 5.41) is 6.73. The van der Waals surface area contributed by atoms with Crippen molar-refractivity contribution in [2.75, 3.05) is 51.7 Å². The van der Waals surface area contributed by atoms with Gasteiger partial charge in [-0.05, 0) is 42.4 Å². The topological polar surface area (TPSA) is 55.8 Å². The van der Waals surface area contributed by atoms with Crippen molar-refractivity contribution in [3.8, 4) is 0 Å². The first kappa shape index (κ1) is 25.3. The molecule has 1 aliphatic rings. The molecule has 0 amide bonds. The molecule has 2 N–H and O–H groups in total. The number of likely N-dealkylation sites (N-methyl/N-ethyl adjacent to an activating group) is 1. The van der Waals surface area contributed by atoms with Crippen molar-refractivity contribution in [3.05, 3.63) is 59.5 Å². The number of guanidine groups is 1. The predicted octanol–water partition coefficient (Wildman–Crippen LogP) is 3.23. The Bertz CT molecular complexity index is 865. The lowest BCUT2D eigenvalue weighted by molar-refractivity contribution is 0.312. The number of hydrogen-bond acceptors (Lipinski definition) is 4. The van der Waals surface area contributed by atoms with E-state index in [0.29, 0.717) is 13.1 Å². The van der Waals surface area contributed by atoms with Crippen LogP contribution in [0.3, 0.4) is 0 Å². The van der Waals surface area contributed by atoms with Gasteiger partial charge >= 0.3 is 0 Å². The second-order valence-corrected chi connectivity index (χ2v) is 8.49. The number of benzene rings is 1. The summed E-state index contributed by atoms with van der Waals surface area (Å²) in [6.45, 7) is 9.59. The van der Waals surface area contributed by atoms with Crippen LogP contribution in [0.25, 0.3) is 0 Å². The molecule has 170 valence electrons. The van der Waals surface area contributed by atoms with E-state index in [9.17, 15) is 4.39 Å². The molecule has 1 aliphatic heterocycles. The quantitative estimate of drug-likeness (QED) is 0.335. The Kier molecular flexibility index (Phi) is 9.49. The van der Waals surface area contributed by atoms with Crippen molar-refractivity contribution in [1.82, 2.24) is 20.5 Å². The molecule has 6 nitrogen and oxygen atoms in total. The maximum atomic E-state index is 13.6. The zero-order valence-corrected chi connectivity index (χ0v) is 21.2. The number of piperazine rings is 1. The van der Waals surface area contributed by atoms with E-state index in [2.05, 4.69) is 57.4 Å². The molecule has 1 saturated heterocycles. The Balaban J connectivity index is 0.00000341. The van der Waals surface area contributed by atoms with Crippen LogP contribution >= 0.6 is 24.0 Å². The molecule has 0 bridgehead atoms. The first-order valence-electron chi connectivity index (χ1n) is 10.5. The summed E-state index contributed by atoms with van der Waals surface area (Å²) in [5.74, 6) is 1.53. The molecule has 0 atom stereocenters. The molecule has 0 saturated carbocycles. The van der Waals surface area contributed by atoms with Gasteiger partial charge in [-0.3, -0.25) is 4.99 Å². The number of aliphatic imine (C=N–C) groups is 1. The van der Waals surface area contributed by atoms with Crippen molar-refractivity contribution in [2.24, 2.45) is 4.99 Å². The highest BCUT2D eigenvalue weighted by atomic mass is 127. The Morgan fingerprint density at radius 2 is 1.87 bits per heavy atom. The average molecular weight is 540 g/mol. The lowest BCUT2D eigenvalue weighted by Gasteiger charge is -2.33. The molecule has 1 fully saturated rings. The van der Waals surface area contributed by atoms with Crippen molar-refractivity contribution >= 4 is 35.8 Å².